The lowest BCUT2D eigenvalue weighted by molar-refractivity contribution is -0.122. The molecule has 33 heavy (non-hydrogen) atoms. The number of carbonyl (C=O) groups excluding carboxylic acids is 1. The molecule has 1 saturated heterocycles. The predicted molar refractivity (Wildman–Crippen MR) is 129 cm³/mol. The number of ether oxygens (including phenoxy) is 2. The number of methoxy groups -OCH3 is 1. The van der Waals surface area contributed by atoms with Crippen LogP contribution in [0.3, 0.4) is 0 Å². The van der Waals surface area contributed by atoms with Crippen LogP contribution in [0.2, 0.25) is 0 Å². The van der Waals surface area contributed by atoms with E-state index in [1.54, 1.807) is 31.2 Å². The van der Waals surface area contributed by atoms with Gasteiger partial charge in [0, 0.05) is 32.2 Å². The zero-order chi connectivity index (χ0) is 23.8. The summed E-state index contributed by atoms with van der Waals surface area (Å²) in [6.07, 6.45) is 1.44. The number of nitrogens with one attached hydrogen (secondary N) is 1. The first-order chi connectivity index (χ1) is 15.8. The maximum Gasteiger partial charge on any atom is 0.244 e. The molecule has 0 aromatic heterocycles. The van der Waals surface area contributed by atoms with E-state index in [2.05, 4.69) is 22.3 Å². The number of rotatable bonds is 10. The molecule has 2 aromatic rings. The summed E-state index contributed by atoms with van der Waals surface area (Å²) in [6, 6.07) is 13.9. The van der Waals surface area contributed by atoms with Crippen LogP contribution in [0.15, 0.2) is 48.5 Å². The minimum atomic E-state index is -3.70. The molecule has 0 aliphatic carbocycles. The normalized spacial score (nSPS) is 15.6. The quantitative estimate of drug-likeness (QED) is 0.568. The van der Waals surface area contributed by atoms with Gasteiger partial charge in [0.15, 0.2) is 0 Å². The number of anilines is 1. The van der Waals surface area contributed by atoms with Crippen LogP contribution >= 0.6 is 0 Å². The van der Waals surface area contributed by atoms with E-state index >= 15 is 0 Å². The average molecular weight is 476 g/mol. The van der Waals surface area contributed by atoms with Crippen molar-refractivity contribution in [1.82, 2.24) is 10.2 Å². The molecule has 0 bridgehead atoms. The summed E-state index contributed by atoms with van der Waals surface area (Å²) in [5.41, 5.74) is 2.53. The highest BCUT2D eigenvalue weighted by Gasteiger charge is 2.31. The van der Waals surface area contributed by atoms with Crippen molar-refractivity contribution in [3.05, 3.63) is 59.7 Å². The van der Waals surface area contributed by atoms with E-state index < -0.39 is 16.1 Å². The van der Waals surface area contributed by atoms with Crippen molar-refractivity contribution in [2.75, 3.05) is 44.0 Å². The Hall–Kier alpha value is -2.62. The molecule has 0 unspecified atom stereocenters. The third kappa shape index (κ3) is 6.93. The number of carbonyl (C=O) groups is 1. The highest BCUT2D eigenvalue weighted by atomic mass is 32.2. The van der Waals surface area contributed by atoms with E-state index in [4.69, 9.17) is 9.47 Å². The zero-order valence-electron chi connectivity index (χ0n) is 19.5. The van der Waals surface area contributed by atoms with Gasteiger partial charge in [-0.25, -0.2) is 8.42 Å². The van der Waals surface area contributed by atoms with Crippen LogP contribution in [-0.2, 0) is 32.6 Å². The standard InChI is InChI=1S/C24H33N3O5S/c1-4-23(27(33(3,29)30)21-9-6-10-22(16-21)31-2)24(28)25-17-19-7-5-8-20(15-19)18-26-11-13-32-14-12-26/h5-10,15-16,23H,4,11-14,17-18H2,1-3H3,(H,25,28)/t23-/m0/s1. The number of nitrogens with zero attached hydrogens (tertiary/aromatic N) is 2. The molecule has 0 radical (unpaired) electrons. The molecular weight excluding hydrogens is 442 g/mol. The summed E-state index contributed by atoms with van der Waals surface area (Å²) in [4.78, 5) is 15.4. The van der Waals surface area contributed by atoms with E-state index in [0.29, 0.717) is 24.4 Å². The van der Waals surface area contributed by atoms with Gasteiger partial charge in [0.1, 0.15) is 11.8 Å². The van der Waals surface area contributed by atoms with Gasteiger partial charge in [0.05, 0.1) is 32.3 Å². The van der Waals surface area contributed by atoms with Crippen molar-refractivity contribution in [2.24, 2.45) is 0 Å². The molecule has 0 spiro atoms. The number of hydrogen-bond acceptors (Lipinski definition) is 6. The van der Waals surface area contributed by atoms with Crippen molar-refractivity contribution in [3.63, 3.8) is 0 Å². The van der Waals surface area contributed by atoms with E-state index in [9.17, 15) is 13.2 Å². The molecule has 1 aliphatic rings. The molecular formula is C24H33N3O5S. The average Bonchev–Trinajstić information content (AvgIpc) is 2.81. The van der Waals surface area contributed by atoms with Gasteiger partial charge >= 0.3 is 0 Å². The number of morpholine rings is 1. The van der Waals surface area contributed by atoms with Crippen LogP contribution in [-0.4, -0.2) is 64.9 Å². The van der Waals surface area contributed by atoms with Crippen LogP contribution in [0, 0.1) is 0 Å². The van der Waals surface area contributed by atoms with Crippen LogP contribution < -0.4 is 14.4 Å². The molecule has 1 aliphatic heterocycles. The first kappa shape index (κ1) is 25.0. The van der Waals surface area contributed by atoms with Crippen molar-refractivity contribution in [1.29, 1.82) is 0 Å². The van der Waals surface area contributed by atoms with E-state index in [1.807, 2.05) is 12.1 Å². The van der Waals surface area contributed by atoms with Gasteiger partial charge in [-0.15, -0.1) is 0 Å². The first-order valence-electron chi connectivity index (χ1n) is 11.1. The largest absolute Gasteiger partial charge is 0.497 e. The predicted octanol–water partition coefficient (Wildman–Crippen LogP) is 2.39. The van der Waals surface area contributed by atoms with Gasteiger partial charge < -0.3 is 14.8 Å². The van der Waals surface area contributed by atoms with E-state index in [1.165, 1.54) is 17.0 Å². The summed E-state index contributed by atoms with van der Waals surface area (Å²) < 4.78 is 37.1. The number of sulfonamides is 1. The fourth-order valence-electron chi connectivity index (χ4n) is 3.97. The Morgan fingerprint density at radius 2 is 1.85 bits per heavy atom. The van der Waals surface area contributed by atoms with E-state index in [0.717, 1.165) is 44.7 Å². The smallest absolute Gasteiger partial charge is 0.244 e. The Morgan fingerprint density at radius 3 is 2.52 bits per heavy atom. The SMILES string of the molecule is CC[C@@H](C(=O)NCc1cccc(CN2CCOCC2)c1)N(c1cccc(OC)c1)S(C)(=O)=O. The van der Waals surface area contributed by atoms with Crippen molar-refractivity contribution in [2.45, 2.75) is 32.5 Å². The second-order valence-corrected chi connectivity index (χ2v) is 9.97. The summed E-state index contributed by atoms with van der Waals surface area (Å²) in [5, 5.41) is 2.92. The lowest BCUT2D eigenvalue weighted by Gasteiger charge is -2.30. The topological polar surface area (TPSA) is 88.2 Å². The summed E-state index contributed by atoms with van der Waals surface area (Å²) in [5.74, 6) is 0.179. The van der Waals surface area contributed by atoms with Crippen LogP contribution in [0.4, 0.5) is 5.69 Å². The lowest BCUT2D eigenvalue weighted by atomic mass is 10.1. The maximum atomic E-state index is 13.1. The van der Waals surface area contributed by atoms with Gasteiger partial charge in [-0.1, -0.05) is 37.3 Å². The molecule has 1 amide bonds. The van der Waals surface area contributed by atoms with Crippen molar-refractivity contribution in [3.8, 4) is 5.75 Å². The van der Waals surface area contributed by atoms with Crippen LogP contribution in [0.1, 0.15) is 24.5 Å². The van der Waals surface area contributed by atoms with Gasteiger partial charge in [0.2, 0.25) is 15.9 Å². The molecule has 180 valence electrons. The minimum absolute atomic E-state index is 0.321. The molecule has 1 atom stereocenters. The molecule has 1 N–H and O–H groups in total. The molecule has 0 saturated carbocycles. The lowest BCUT2D eigenvalue weighted by Crippen LogP contribution is -2.49. The highest BCUT2D eigenvalue weighted by Crippen LogP contribution is 2.26. The summed E-state index contributed by atoms with van der Waals surface area (Å²) in [7, 11) is -2.19. The third-order valence-corrected chi connectivity index (χ3v) is 6.79. The Bertz CT molecular complexity index is 1040. The third-order valence-electron chi connectivity index (χ3n) is 5.61. The molecule has 8 nitrogen and oxygen atoms in total. The molecule has 3 rings (SSSR count). The van der Waals surface area contributed by atoms with Crippen LogP contribution in [0.25, 0.3) is 0 Å². The molecule has 9 heteroatoms. The van der Waals surface area contributed by atoms with Gasteiger partial charge in [0.25, 0.3) is 0 Å². The molecule has 2 aromatic carbocycles. The van der Waals surface area contributed by atoms with E-state index in [-0.39, 0.29) is 5.91 Å². The van der Waals surface area contributed by atoms with Gasteiger partial charge in [-0.05, 0) is 29.7 Å². The molecule has 1 fully saturated rings. The summed E-state index contributed by atoms with van der Waals surface area (Å²) in [6.45, 7) is 6.26. The number of amides is 1. The van der Waals surface area contributed by atoms with Gasteiger partial charge in [-0.3, -0.25) is 14.0 Å². The number of hydrogen-bond donors (Lipinski definition) is 1. The fraction of sp³-hybridized carbons (Fsp3) is 0.458. The maximum absolute atomic E-state index is 13.1. The Labute approximate surface area is 196 Å². The summed E-state index contributed by atoms with van der Waals surface area (Å²) >= 11 is 0. The first-order valence-corrected chi connectivity index (χ1v) is 13.0. The highest BCUT2D eigenvalue weighted by molar-refractivity contribution is 7.92. The zero-order valence-corrected chi connectivity index (χ0v) is 20.3. The Balaban J connectivity index is 1.71. The molecule has 1 heterocycles. The monoisotopic (exact) mass is 475 g/mol. The Morgan fingerprint density at radius 1 is 1.15 bits per heavy atom. The van der Waals surface area contributed by atoms with Crippen LogP contribution in [0.5, 0.6) is 5.75 Å². The second kappa shape index (κ2) is 11.5. The van der Waals surface area contributed by atoms with Crippen molar-refractivity contribution < 1.29 is 22.7 Å². The second-order valence-electron chi connectivity index (χ2n) is 8.11. The van der Waals surface area contributed by atoms with Gasteiger partial charge in [-0.2, -0.15) is 0 Å². The minimum Gasteiger partial charge on any atom is -0.497 e. The number of benzene rings is 2. The Kier molecular flexibility index (Phi) is 8.71. The van der Waals surface area contributed by atoms with Crippen molar-refractivity contribution >= 4 is 21.6 Å². The fourth-order valence-corrected chi connectivity index (χ4v) is 5.17.